The molecule has 1 aliphatic heterocycles. The molecule has 0 aromatic heterocycles. The molecule has 7 heteroatoms. The highest BCUT2D eigenvalue weighted by atomic mass is 79.9. The highest BCUT2D eigenvalue weighted by Gasteiger charge is 2.40. The predicted molar refractivity (Wildman–Crippen MR) is 115 cm³/mol. The second-order valence-corrected chi connectivity index (χ2v) is 8.99. The van der Waals surface area contributed by atoms with E-state index in [1.807, 2.05) is 6.92 Å². The first-order valence-electron chi connectivity index (χ1n) is 10.4. The van der Waals surface area contributed by atoms with Crippen LogP contribution in [0.3, 0.4) is 0 Å². The minimum absolute atomic E-state index is 0.0184. The molecule has 1 saturated carbocycles. The summed E-state index contributed by atoms with van der Waals surface area (Å²) in [6.45, 7) is 1.85. The molecule has 0 radical (unpaired) electrons. The number of carbonyl (C=O) groups is 2. The summed E-state index contributed by atoms with van der Waals surface area (Å²) in [6.07, 6.45) is 5.81. The third-order valence-electron chi connectivity index (χ3n) is 6.18. The summed E-state index contributed by atoms with van der Waals surface area (Å²) in [6, 6.07) is 3.44. The summed E-state index contributed by atoms with van der Waals surface area (Å²) in [5.41, 5.74) is 3.35. The van der Waals surface area contributed by atoms with Crippen molar-refractivity contribution in [3.05, 3.63) is 44.7 Å². The van der Waals surface area contributed by atoms with Gasteiger partial charge >= 0.3 is 5.97 Å². The van der Waals surface area contributed by atoms with Gasteiger partial charge in [0.25, 0.3) is 0 Å². The van der Waals surface area contributed by atoms with Crippen molar-refractivity contribution in [2.75, 3.05) is 7.11 Å². The lowest BCUT2D eigenvalue weighted by Gasteiger charge is -2.34. The van der Waals surface area contributed by atoms with Crippen LogP contribution in [0.2, 0.25) is 0 Å². The molecule has 3 aliphatic rings. The lowest BCUT2D eigenvalue weighted by atomic mass is 9.75. The Morgan fingerprint density at radius 3 is 2.63 bits per heavy atom. The van der Waals surface area contributed by atoms with Crippen LogP contribution in [0.1, 0.15) is 63.4 Å². The number of rotatable bonds is 4. The van der Waals surface area contributed by atoms with Crippen LogP contribution in [-0.4, -0.2) is 30.1 Å². The predicted octanol–water partition coefficient (Wildman–Crippen LogP) is 4.62. The van der Waals surface area contributed by atoms with Crippen molar-refractivity contribution >= 4 is 27.7 Å². The first-order valence-corrected chi connectivity index (χ1v) is 11.2. The largest absolute Gasteiger partial charge is 0.503 e. The van der Waals surface area contributed by atoms with Crippen molar-refractivity contribution in [3.8, 4) is 11.5 Å². The van der Waals surface area contributed by atoms with E-state index >= 15 is 0 Å². The summed E-state index contributed by atoms with van der Waals surface area (Å²) in [7, 11) is 1.47. The molecule has 1 fully saturated rings. The number of methoxy groups -OCH3 is 1. The molecule has 0 unspecified atom stereocenters. The van der Waals surface area contributed by atoms with Gasteiger partial charge in [0, 0.05) is 29.3 Å². The van der Waals surface area contributed by atoms with Gasteiger partial charge in [-0.2, -0.15) is 0 Å². The number of aromatic hydroxyl groups is 1. The molecule has 0 bridgehead atoms. The van der Waals surface area contributed by atoms with E-state index in [9.17, 15) is 14.7 Å². The lowest BCUT2D eigenvalue weighted by Crippen LogP contribution is -2.35. The molecule has 6 nitrogen and oxygen atoms in total. The van der Waals surface area contributed by atoms with E-state index in [4.69, 9.17) is 9.47 Å². The molecule has 4 rings (SSSR count). The summed E-state index contributed by atoms with van der Waals surface area (Å²) in [5, 5.41) is 13.6. The normalized spacial score (nSPS) is 22.1. The van der Waals surface area contributed by atoms with Crippen LogP contribution in [0.4, 0.5) is 0 Å². The molecule has 1 aromatic rings. The van der Waals surface area contributed by atoms with Gasteiger partial charge in [0.2, 0.25) is 0 Å². The minimum Gasteiger partial charge on any atom is -0.503 e. The zero-order chi connectivity index (χ0) is 21.4. The molecule has 2 N–H and O–H groups in total. The van der Waals surface area contributed by atoms with Gasteiger partial charge in [0.15, 0.2) is 17.3 Å². The Labute approximate surface area is 184 Å². The van der Waals surface area contributed by atoms with Gasteiger partial charge in [0.1, 0.15) is 6.10 Å². The summed E-state index contributed by atoms with van der Waals surface area (Å²) in [5.74, 6) is -0.644. The number of hydrogen-bond acceptors (Lipinski definition) is 6. The van der Waals surface area contributed by atoms with Crippen molar-refractivity contribution in [2.24, 2.45) is 0 Å². The smallest absolute Gasteiger partial charge is 0.337 e. The highest BCUT2D eigenvalue weighted by molar-refractivity contribution is 9.10. The standard InChI is InChI=1S/C23H26BrNO5/c1-12-19(23(28)30-14-6-3-4-7-14)20(21-16(25-12)8-5-9-17(21)26)13-10-15(24)22(27)18(11-13)29-2/h10-11,14,20,25,27H,3-9H2,1-2H3/t20-/m1/s1. The SMILES string of the molecule is COc1cc([C@@H]2C(C(=O)OC3CCCC3)=C(C)NC3=C2C(=O)CCC3)cc(Br)c1O. The summed E-state index contributed by atoms with van der Waals surface area (Å²) < 4.78 is 11.6. The molecule has 30 heavy (non-hydrogen) atoms. The second-order valence-electron chi connectivity index (χ2n) is 8.13. The Kier molecular flexibility index (Phi) is 5.91. The van der Waals surface area contributed by atoms with Crippen molar-refractivity contribution in [1.82, 2.24) is 5.32 Å². The Balaban J connectivity index is 1.82. The van der Waals surface area contributed by atoms with Gasteiger partial charge in [-0.15, -0.1) is 0 Å². The number of nitrogens with one attached hydrogen (secondary N) is 1. The van der Waals surface area contributed by atoms with Gasteiger partial charge in [-0.3, -0.25) is 4.79 Å². The Bertz CT molecular complexity index is 959. The number of carbonyl (C=O) groups excluding carboxylic acids is 2. The van der Waals surface area contributed by atoms with Crippen molar-refractivity contribution in [3.63, 3.8) is 0 Å². The van der Waals surface area contributed by atoms with Crippen molar-refractivity contribution in [2.45, 2.75) is 63.9 Å². The van der Waals surface area contributed by atoms with E-state index in [1.165, 1.54) is 7.11 Å². The molecular formula is C23H26BrNO5. The Hall–Kier alpha value is -2.28. The van der Waals surface area contributed by atoms with Crippen molar-refractivity contribution in [1.29, 1.82) is 0 Å². The maximum atomic E-state index is 13.3. The maximum absolute atomic E-state index is 13.3. The third kappa shape index (κ3) is 3.75. The first-order chi connectivity index (χ1) is 14.4. The van der Waals surface area contributed by atoms with Crippen LogP contribution >= 0.6 is 15.9 Å². The number of benzene rings is 1. The number of phenolic OH excluding ortho intramolecular Hbond substituents is 1. The van der Waals surface area contributed by atoms with Gasteiger partial charge in [-0.25, -0.2) is 4.79 Å². The quantitative estimate of drug-likeness (QED) is 0.618. The number of halogens is 1. The van der Waals surface area contributed by atoms with E-state index in [0.717, 1.165) is 44.2 Å². The van der Waals surface area contributed by atoms with E-state index in [2.05, 4.69) is 21.2 Å². The number of phenols is 1. The highest BCUT2D eigenvalue weighted by Crippen LogP contribution is 2.46. The number of esters is 1. The molecule has 0 saturated heterocycles. The van der Waals surface area contributed by atoms with Gasteiger partial charge in [-0.05, 0) is 79.1 Å². The Morgan fingerprint density at radius 2 is 1.93 bits per heavy atom. The number of ether oxygens (including phenoxy) is 2. The van der Waals surface area contributed by atoms with E-state index in [0.29, 0.717) is 33.3 Å². The monoisotopic (exact) mass is 475 g/mol. The molecule has 160 valence electrons. The number of dihydropyridines is 1. The van der Waals surface area contributed by atoms with Crippen LogP contribution < -0.4 is 10.1 Å². The van der Waals surface area contributed by atoms with E-state index in [1.54, 1.807) is 12.1 Å². The lowest BCUT2D eigenvalue weighted by molar-refractivity contribution is -0.144. The van der Waals surface area contributed by atoms with E-state index in [-0.39, 0.29) is 29.4 Å². The summed E-state index contributed by atoms with van der Waals surface area (Å²) in [4.78, 5) is 26.3. The molecule has 1 heterocycles. The number of ketones is 1. The second kappa shape index (κ2) is 8.46. The van der Waals surface area contributed by atoms with Crippen LogP contribution in [0.15, 0.2) is 39.1 Å². The van der Waals surface area contributed by atoms with Crippen molar-refractivity contribution < 1.29 is 24.2 Å². The van der Waals surface area contributed by atoms with Gasteiger partial charge < -0.3 is 19.9 Å². The number of allylic oxidation sites excluding steroid dienone is 3. The molecular weight excluding hydrogens is 450 g/mol. The summed E-state index contributed by atoms with van der Waals surface area (Å²) >= 11 is 3.37. The average Bonchev–Trinajstić information content (AvgIpc) is 3.22. The molecule has 1 aromatic carbocycles. The molecule has 1 atom stereocenters. The average molecular weight is 476 g/mol. The molecule has 0 spiro atoms. The Morgan fingerprint density at radius 1 is 1.20 bits per heavy atom. The first kappa shape index (κ1) is 21.0. The maximum Gasteiger partial charge on any atom is 0.337 e. The third-order valence-corrected chi connectivity index (χ3v) is 6.78. The van der Waals surface area contributed by atoms with Gasteiger partial charge in [0.05, 0.1) is 17.2 Å². The fourth-order valence-corrected chi connectivity index (χ4v) is 5.18. The topological polar surface area (TPSA) is 84.9 Å². The van der Waals surface area contributed by atoms with Crippen LogP contribution in [0.25, 0.3) is 0 Å². The fraction of sp³-hybridized carbons (Fsp3) is 0.478. The van der Waals surface area contributed by atoms with Crippen LogP contribution in [-0.2, 0) is 14.3 Å². The number of hydrogen-bond donors (Lipinski definition) is 2. The van der Waals surface area contributed by atoms with E-state index < -0.39 is 5.92 Å². The molecule has 2 aliphatic carbocycles. The zero-order valence-electron chi connectivity index (χ0n) is 17.2. The van der Waals surface area contributed by atoms with Crippen LogP contribution in [0, 0.1) is 0 Å². The zero-order valence-corrected chi connectivity index (χ0v) is 18.8. The van der Waals surface area contributed by atoms with Gasteiger partial charge in [-0.1, -0.05) is 0 Å². The fourth-order valence-electron chi connectivity index (χ4n) is 4.72. The number of Topliss-reactive ketones (excluding diaryl/α,β-unsaturated/α-hetero) is 1. The minimum atomic E-state index is -0.561. The van der Waals surface area contributed by atoms with Crippen LogP contribution in [0.5, 0.6) is 11.5 Å². The molecule has 0 amide bonds.